The van der Waals surface area contributed by atoms with Crippen LogP contribution in [0.1, 0.15) is 52.5 Å². The molecular formula is C22H31NO5. The number of hydrogen-bond acceptors (Lipinski definition) is 5. The van der Waals surface area contributed by atoms with Gasteiger partial charge in [0.2, 0.25) is 5.79 Å². The summed E-state index contributed by atoms with van der Waals surface area (Å²) in [6, 6.07) is 7.77. The van der Waals surface area contributed by atoms with Crippen LogP contribution in [0.25, 0.3) is 0 Å². The molecule has 1 fully saturated rings. The molecule has 0 saturated carbocycles. The maximum absolute atomic E-state index is 13.1. The number of rotatable bonds is 8. The summed E-state index contributed by atoms with van der Waals surface area (Å²) < 4.78 is 18.2. The highest BCUT2D eigenvalue weighted by atomic mass is 16.8. The topological polar surface area (TPSA) is 70.8 Å². The Morgan fingerprint density at radius 1 is 1.21 bits per heavy atom. The summed E-state index contributed by atoms with van der Waals surface area (Å²) >= 11 is 0. The minimum atomic E-state index is -1.43. The molecule has 1 heterocycles. The molecule has 6 heteroatoms. The normalized spacial score (nSPS) is 21.1. The average molecular weight is 389 g/mol. The van der Waals surface area contributed by atoms with Crippen molar-refractivity contribution in [1.82, 2.24) is 0 Å². The molecule has 0 radical (unpaired) electrons. The van der Waals surface area contributed by atoms with Gasteiger partial charge in [-0.15, -0.1) is 6.58 Å². The van der Waals surface area contributed by atoms with Gasteiger partial charge in [-0.1, -0.05) is 24.3 Å². The van der Waals surface area contributed by atoms with Crippen LogP contribution in [0.3, 0.4) is 0 Å². The largest absolute Gasteiger partial charge is 0.623 e. The number of carbonyl (C=O) groups excluding carboxylic acids is 1. The van der Waals surface area contributed by atoms with Gasteiger partial charge in [0, 0.05) is 12.0 Å². The first-order valence-corrected chi connectivity index (χ1v) is 9.53. The summed E-state index contributed by atoms with van der Waals surface area (Å²) in [6.45, 7) is 11.3. The van der Waals surface area contributed by atoms with Crippen molar-refractivity contribution >= 4 is 12.2 Å². The Labute approximate surface area is 167 Å². The van der Waals surface area contributed by atoms with Crippen molar-refractivity contribution < 1.29 is 23.7 Å². The first kappa shape index (κ1) is 22.1. The number of unbranched alkanes of at least 4 members (excludes halogenated alkanes) is 1. The Morgan fingerprint density at radius 2 is 1.79 bits per heavy atom. The molecule has 1 aromatic rings. The fourth-order valence-electron chi connectivity index (χ4n) is 3.32. The zero-order valence-electron chi connectivity index (χ0n) is 17.4. The number of hydrogen-bond donors (Lipinski definition) is 0. The second-order valence-corrected chi connectivity index (χ2v) is 8.04. The quantitative estimate of drug-likeness (QED) is 0.129. The van der Waals surface area contributed by atoms with Gasteiger partial charge in [0.15, 0.2) is 6.21 Å². The highest BCUT2D eigenvalue weighted by Crippen LogP contribution is 2.48. The van der Waals surface area contributed by atoms with E-state index in [0.717, 1.165) is 0 Å². The van der Waals surface area contributed by atoms with E-state index in [9.17, 15) is 10.0 Å². The number of esters is 1. The van der Waals surface area contributed by atoms with Crippen LogP contribution in [-0.2, 0) is 19.0 Å². The minimum Gasteiger partial charge on any atom is -0.623 e. The predicted octanol–water partition coefficient (Wildman–Crippen LogP) is 3.81. The van der Waals surface area contributed by atoms with Gasteiger partial charge >= 0.3 is 12.0 Å². The summed E-state index contributed by atoms with van der Waals surface area (Å²) in [5, 5.41) is 13.1. The van der Waals surface area contributed by atoms with Gasteiger partial charge in [-0.05, 0) is 52.7 Å². The maximum Gasteiger partial charge on any atom is 0.382 e. The number of ether oxygens (including phenoxy) is 3. The molecule has 1 atom stereocenters. The van der Waals surface area contributed by atoms with E-state index in [-0.39, 0.29) is 0 Å². The molecule has 0 unspecified atom stereocenters. The highest BCUT2D eigenvalue weighted by molar-refractivity contribution is 5.79. The van der Waals surface area contributed by atoms with Gasteiger partial charge in [-0.2, -0.15) is 4.74 Å². The first-order chi connectivity index (χ1) is 13.1. The molecule has 6 nitrogen and oxygen atoms in total. The van der Waals surface area contributed by atoms with Crippen molar-refractivity contribution in [3.63, 3.8) is 0 Å². The number of hydroxylamine groups is 1. The Kier molecular flexibility index (Phi) is 6.67. The molecule has 154 valence electrons. The number of benzene rings is 1. The van der Waals surface area contributed by atoms with Crippen LogP contribution in [-0.4, -0.2) is 47.1 Å². The van der Waals surface area contributed by atoms with Crippen molar-refractivity contribution in [2.45, 2.75) is 70.0 Å². The van der Waals surface area contributed by atoms with Crippen LogP contribution in [0.4, 0.5) is 0 Å². The summed E-state index contributed by atoms with van der Waals surface area (Å²) in [5.41, 5.74) is -0.744. The van der Waals surface area contributed by atoms with Crippen molar-refractivity contribution in [2.24, 2.45) is 0 Å². The number of nitrogens with zero attached hydrogens (tertiary/aromatic N) is 1. The van der Waals surface area contributed by atoms with Gasteiger partial charge < -0.3 is 19.4 Å². The zero-order chi connectivity index (χ0) is 21.0. The summed E-state index contributed by atoms with van der Waals surface area (Å²) in [5.74, 6) is -2.13. The molecule has 0 amide bonds. The fraction of sp³-hybridized carbons (Fsp3) is 0.545. The smallest absolute Gasteiger partial charge is 0.382 e. The predicted molar refractivity (Wildman–Crippen MR) is 108 cm³/mol. The number of carbonyl (C=O) groups is 1. The molecule has 1 aromatic carbocycles. The lowest BCUT2D eigenvalue weighted by Crippen LogP contribution is -2.55. The Hall–Kier alpha value is -2.18. The Balaban J connectivity index is 2.52. The van der Waals surface area contributed by atoms with E-state index in [0.29, 0.717) is 29.6 Å². The van der Waals surface area contributed by atoms with E-state index < -0.39 is 29.0 Å². The van der Waals surface area contributed by atoms with Crippen LogP contribution in [0.15, 0.2) is 43.0 Å². The fourth-order valence-corrected chi connectivity index (χ4v) is 3.32. The summed E-state index contributed by atoms with van der Waals surface area (Å²) in [6.07, 6.45) is 4.87. The zero-order valence-corrected chi connectivity index (χ0v) is 17.4. The monoisotopic (exact) mass is 389 g/mol. The molecule has 0 spiro atoms. The lowest BCUT2D eigenvalue weighted by molar-refractivity contribution is -0.529. The third-order valence-electron chi connectivity index (χ3n) is 5.41. The van der Waals surface area contributed by atoms with Crippen LogP contribution >= 0.6 is 0 Å². The molecule has 1 saturated heterocycles. The van der Waals surface area contributed by atoms with Gasteiger partial charge in [-0.3, -0.25) is 0 Å². The molecule has 2 rings (SSSR count). The molecule has 28 heavy (non-hydrogen) atoms. The molecule has 1 aliphatic heterocycles. The average Bonchev–Trinajstić information content (AvgIpc) is 2.80. The van der Waals surface area contributed by atoms with E-state index in [1.54, 1.807) is 18.2 Å². The van der Waals surface area contributed by atoms with Crippen LogP contribution < -0.4 is 0 Å². The minimum absolute atomic E-state index is 0.354. The van der Waals surface area contributed by atoms with Crippen LogP contribution in [0.2, 0.25) is 0 Å². The maximum atomic E-state index is 13.1. The van der Waals surface area contributed by atoms with Crippen LogP contribution in [0, 0.1) is 5.21 Å². The van der Waals surface area contributed by atoms with E-state index in [2.05, 4.69) is 6.58 Å². The lowest BCUT2D eigenvalue weighted by Gasteiger charge is -2.33. The Bertz CT molecular complexity index is 708. The van der Waals surface area contributed by atoms with E-state index in [1.807, 2.05) is 45.9 Å². The highest BCUT2D eigenvalue weighted by Gasteiger charge is 2.65. The molecule has 1 aliphatic rings. The molecule has 0 N–H and O–H groups in total. The second kappa shape index (κ2) is 8.45. The van der Waals surface area contributed by atoms with Gasteiger partial charge in [0.1, 0.15) is 0 Å². The SMILES string of the molecule is C=CCCCC1([C@H](C(=O)OC)/[N+]([O-])=C/c2ccccc2)OC(C)(C)C(C)(C)O1. The number of allylic oxidation sites excluding steroid dienone is 1. The van der Waals surface area contributed by atoms with Gasteiger partial charge in [0.25, 0.3) is 0 Å². The third-order valence-corrected chi connectivity index (χ3v) is 5.41. The molecule has 0 aliphatic carbocycles. The van der Waals surface area contributed by atoms with E-state index >= 15 is 0 Å². The summed E-state index contributed by atoms with van der Waals surface area (Å²) in [4.78, 5) is 12.7. The Morgan fingerprint density at radius 3 is 2.29 bits per heavy atom. The van der Waals surface area contributed by atoms with Crippen molar-refractivity contribution in [3.8, 4) is 0 Å². The van der Waals surface area contributed by atoms with Gasteiger partial charge in [0.05, 0.1) is 18.3 Å². The van der Waals surface area contributed by atoms with Crippen molar-refractivity contribution in [3.05, 3.63) is 53.8 Å². The first-order valence-electron chi connectivity index (χ1n) is 9.53. The molecule has 0 bridgehead atoms. The van der Waals surface area contributed by atoms with Crippen molar-refractivity contribution in [1.29, 1.82) is 0 Å². The van der Waals surface area contributed by atoms with E-state index in [1.165, 1.54) is 13.3 Å². The van der Waals surface area contributed by atoms with Crippen molar-refractivity contribution in [2.75, 3.05) is 7.11 Å². The molecular weight excluding hydrogens is 358 g/mol. The third kappa shape index (κ3) is 4.45. The standard InChI is InChI=1S/C22H31NO5/c1-7-8-12-15-22(27-20(2,3)21(4,5)28-22)18(19(24)26-6)23(25)16-17-13-10-9-11-14-17/h7,9-11,13-14,16,18H,1,8,12,15H2,2-6H3/b23-16-/t18-/m0/s1. The lowest BCUT2D eigenvalue weighted by atomic mass is 9.90. The summed E-state index contributed by atoms with van der Waals surface area (Å²) in [7, 11) is 1.26. The van der Waals surface area contributed by atoms with Crippen LogP contribution in [0.5, 0.6) is 0 Å². The van der Waals surface area contributed by atoms with Gasteiger partial charge in [-0.25, -0.2) is 4.79 Å². The number of methoxy groups -OCH3 is 1. The molecule has 0 aromatic heterocycles. The van der Waals surface area contributed by atoms with E-state index in [4.69, 9.17) is 14.2 Å². The second-order valence-electron chi connectivity index (χ2n) is 8.04.